The standard InChI is InChI=1S/C18H18F3N5O2S/c1-8-4-5-10-12(6-8)29-16-14(10)17(28)26(9(2)22-16)24-15(27)11-7-13(18(19,20)21)25(3)23-11/h7-8H,4-6H2,1-3H3,(H,24,27)/t8-/m0/s1. The number of thiophene rings is 1. The van der Waals surface area contributed by atoms with Gasteiger partial charge >= 0.3 is 6.18 Å². The molecule has 154 valence electrons. The molecule has 0 aromatic carbocycles. The van der Waals surface area contributed by atoms with Crippen molar-refractivity contribution in [3.63, 3.8) is 0 Å². The molecule has 1 N–H and O–H groups in total. The lowest BCUT2D eigenvalue weighted by Crippen LogP contribution is -2.35. The third kappa shape index (κ3) is 3.33. The van der Waals surface area contributed by atoms with E-state index in [9.17, 15) is 22.8 Å². The van der Waals surface area contributed by atoms with Crippen LogP contribution in [0.2, 0.25) is 0 Å². The number of aromatic nitrogens is 4. The Kier molecular flexibility index (Phi) is 4.52. The Hall–Kier alpha value is -2.69. The minimum absolute atomic E-state index is 0.245. The van der Waals surface area contributed by atoms with Crippen LogP contribution in [-0.4, -0.2) is 25.3 Å². The predicted molar refractivity (Wildman–Crippen MR) is 102 cm³/mol. The van der Waals surface area contributed by atoms with Crippen LogP contribution in [0, 0.1) is 12.8 Å². The predicted octanol–water partition coefficient (Wildman–Crippen LogP) is 3.03. The third-order valence-electron chi connectivity index (χ3n) is 5.11. The zero-order valence-corrected chi connectivity index (χ0v) is 16.7. The van der Waals surface area contributed by atoms with Crippen LogP contribution in [0.1, 0.15) is 45.8 Å². The summed E-state index contributed by atoms with van der Waals surface area (Å²) in [6.45, 7) is 3.72. The Morgan fingerprint density at radius 2 is 2.10 bits per heavy atom. The van der Waals surface area contributed by atoms with E-state index >= 15 is 0 Å². The second-order valence-electron chi connectivity index (χ2n) is 7.31. The van der Waals surface area contributed by atoms with E-state index in [2.05, 4.69) is 22.4 Å². The first-order valence-electron chi connectivity index (χ1n) is 9.02. The van der Waals surface area contributed by atoms with Gasteiger partial charge in [0.2, 0.25) is 0 Å². The Bertz CT molecular complexity index is 1190. The molecule has 3 aromatic heterocycles. The third-order valence-corrected chi connectivity index (χ3v) is 6.26. The number of nitrogens with one attached hydrogen (secondary N) is 1. The van der Waals surface area contributed by atoms with E-state index in [0.29, 0.717) is 26.9 Å². The van der Waals surface area contributed by atoms with Gasteiger partial charge in [-0.25, -0.2) is 9.66 Å². The molecule has 0 fully saturated rings. The number of amides is 1. The number of rotatable bonds is 2. The molecule has 0 spiro atoms. The number of alkyl halides is 3. The van der Waals surface area contributed by atoms with Crippen molar-refractivity contribution in [1.29, 1.82) is 0 Å². The zero-order valence-electron chi connectivity index (χ0n) is 15.9. The molecule has 7 nitrogen and oxygen atoms in total. The molecule has 0 saturated carbocycles. The lowest BCUT2D eigenvalue weighted by molar-refractivity contribution is -0.143. The van der Waals surface area contributed by atoms with Crippen molar-refractivity contribution >= 4 is 27.5 Å². The van der Waals surface area contributed by atoms with Gasteiger partial charge < -0.3 is 0 Å². The number of halogens is 3. The van der Waals surface area contributed by atoms with E-state index in [-0.39, 0.29) is 5.82 Å². The molecular weight excluding hydrogens is 407 g/mol. The maximum absolute atomic E-state index is 13.1. The lowest BCUT2D eigenvalue weighted by atomic mass is 9.89. The molecular formula is C18H18F3N5O2S. The first-order chi connectivity index (χ1) is 13.6. The Morgan fingerprint density at radius 3 is 2.76 bits per heavy atom. The largest absolute Gasteiger partial charge is 0.433 e. The van der Waals surface area contributed by atoms with Crippen LogP contribution < -0.4 is 11.0 Å². The molecule has 29 heavy (non-hydrogen) atoms. The molecule has 0 radical (unpaired) electrons. The molecule has 1 aliphatic carbocycles. The number of carbonyl (C=O) groups is 1. The second-order valence-corrected chi connectivity index (χ2v) is 8.39. The summed E-state index contributed by atoms with van der Waals surface area (Å²) in [5.41, 5.74) is 1.38. The fourth-order valence-corrected chi connectivity index (χ4v) is 5.04. The molecule has 1 amide bonds. The summed E-state index contributed by atoms with van der Waals surface area (Å²) in [6.07, 6.45) is -2.03. The molecule has 1 aliphatic rings. The van der Waals surface area contributed by atoms with Crippen LogP contribution in [0.15, 0.2) is 10.9 Å². The average Bonchev–Trinajstić information content (AvgIpc) is 3.18. The summed E-state index contributed by atoms with van der Waals surface area (Å²) in [4.78, 5) is 31.7. The van der Waals surface area contributed by atoms with E-state index < -0.39 is 29.0 Å². The van der Waals surface area contributed by atoms with Gasteiger partial charge in [0, 0.05) is 18.0 Å². The smallest absolute Gasteiger partial charge is 0.267 e. The zero-order chi connectivity index (χ0) is 21.1. The van der Waals surface area contributed by atoms with Crippen LogP contribution in [0.25, 0.3) is 10.2 Å². The Balaban J connectivity index is 1.73. The Labute approximate surface area is 167 Å². The number of aryl methyl sites for hydroxylation is 3. The highest BCUT2D eigenvalue weighted by molar-refractivity contribution is 7.18. The molecule has 3 heterocycles. The van der Waals surface area contributed by atoms with Crippen LogP contribution in [0.5, 0.6) is 0 Å². The fraction of sp³-hybridized carbons (Fsp3) is 0.444. The van der Waals surface area contributed by atoms with E-state index in [4.69, 9.17) is 0 Å². The molecule has 0 unspecified atom stereocenters. The van der Waals surface area contributed by atoms with Gasteiger partial charge in [-0.1, -0.05) is 6.92 Å². The molecule has 0 aliphatic heterocycles. The molecule has 0 bridgehead atoms. The van der Waals surface area contributed by atoms with Crippen molar-refractivity contribution in [2.45, 2.75) is 39.3 Å². The normalized spacial score (nSPS) is 16.8. The lowest BCUT2D eigenvalue weighted by Gasteiger charge is -2.17. The van der Waals surface area contributed by atoms with Gasteiger partial charge in [0.25, 0.3) is 11.5 Å². The van der Waals surface area contributed by atoms with E-state index in [1.165, 1.54) is 11.3 Å². The SMILES string of the molecule is Cc1nc2sc3c(c2c(=O)n1NC(=O)c1cc(C(F)(F)F)n(C)n1)CC[C@H](C)C3. The van der Waals surface area contributed by atoms with Crippen LogP contribution >= 0.6 is 11.3 Å². The van der Waals surface area contributed by atoms with E-state index in [1.54, 1.807) is 6.92 Å². The molecule has 11 heteroatoms. The van der Waals surface area contributed by atoms with E-state index in [0.717, 1.165) is 41.4 Å². The summed E-state index contributed by atoms with van der Waals surface area (Å²) < 4.78 is 40.4. The van der Waals surface area contributed by atoms with Crippen molar-refractivity contribution in [2.24, 2.45) is 13.0 Å². The first-order valence-corrected chi connectivity index (χ1v) is 9.84. The molecule has 3 aromatic rings. The van der Waals surface area contributed by atoms with Crippen molar-refractivity contribution in [3.8, 4) is 0 Å². The van der Waals surface area contributed by atoms with Gasteiger partial charge in [-0.2, -0.15) is 18.3 Å². The topological polar surface area (TPSA) is 81.8 Å². The van der Waals surface area contributed by atoms with Gasteiger partial charge in [-0.05, 0) is 37.7 Å². The number of carbonyl (C=O) groups excluding carboxylic acids is 1. The van der Waals surface area contributed by atoms with Crippen LogP contribution in [0.3, 0.4) is 0 Å². The molecule has 4 rings (SSSR count). The van der Waals surface area contributed by atoms with Crippen molar-refractivity contribution < 1.29 is 18.0 Å². The van der Waals surface area contributed by atoms with Gasteiger partial charge in [0.1, 0.15) is 16.3 Å². The first kappa shape index (κ1) is 19.6. The second kappa shape index (κ2) is 6.68. The summed E-state index contributed by atoms with van der Waals surface area (Å²) in [5, 5.41) is 4.09. The fourth-order valence-electron chi connectivity index (χ4n) is 3.63. The highest BCUT2D eigenvalue weighted by Gasteiger charge is 2.36. The summed E-state index contributed by atoms with van der Waals surface area (Å²) in [7, 11) is 1.10. The highest BCUT2D eigenvalue weighted by Crippen LogP contribution is 2.35. The number of hydrogen-bond acceptors (Lipinski definition) is 5. The minimum Gasteiger partial charge on any atom is -0.267 e. The molecule has 0 saturated heterocycles. The van der Waals surface area contributed by atoms with Gasteiger partial charge in [0.05, 0.1) is 5.39 Å². The van der Waals surface area contributed by atoms with Crippen molar-refractivity contribution in [1.82, 2.24) is 19.4 Å². The van der Waals surface area contributed by atoms with Gasteiger partial charge in [-0.15, -0.1) is 11.3 Å². The summed E-state index contributed by atoms with van der Waals surface area (Å²) in [5.74, 6) is -0.139. The quantitative estimate of drug-likeness (QED) is 0.684. The van der Waals surface area contributed by atoms with Crippen molar-refractivity contribution in [2.75, 3.05) is 5.43 Å². The summed E-state index contributed by atoms with van der Waals surface area (Å²) >= 11 is 1.49. The molecule has 1 atom stereocenters. The Morgan fingerprint density at radius 1 is 1.38 bits per heavy atom. The van der Waals surface area contributed by atoms with Gasteiger partial charge in [0.15, 0.2) is 5.69 Å². The van der Waals surface area contributed by atoms with Crippen LogP contribution in [-0.2, 0) is 26.1 Å². The average molecular weight is 425 g/mol. The van der Waals surface area contributed by atoms with Crippen LogP contribution in [0.4, 0.5) is 13.2 Å². The number of hydrogen-bond donors (Lipinski definition) is 1. The number of fused-ring (bicyclic) bond motifs is 3. The minimum atomic E-state index is -4.64. The van der Waals surface area contributed by atoms with E-state index in [1.807, 2.05) is 0 Å². The maximum atomic E-state index is 13.1. The maximum Gasteiger partial charge on any atom is 0.433 e. The van der Waals surface area contributed by atoms with Crippen molar-refractivity contribution in [3.05, 3.63) is 44.1 Å². The summed E-state index contributed by atoms with van der Waals surface area (Å²) in [6, 6.07) is 0.648. The number of nitrogens with zero attached hydrogens (tertiary/aromatic N) is 4. The monoisotopic (exact) mass is 425 g/mol. The highest BCUT2D eigenvalue weighted by atomic mass is 32.1. The van der Waals surface area contributed by atoms with Gasteiger partial charge in [-0.3, -0.25) is 19.7 Å².